The summed E-state index contributed by atoms with van der Waals surface area (Å²) in [6.07, 6.45) is 5.38. The molecule has 1 N–H and O–H groups in total. The lowest BCUT2D eigenvalue weighted by atomic mass is 10.4. The minimum absolute atomic E-state index is 0.0551. The fourth-order valence-corrected chi connectivity index (χ4v) is 1.66. The van der Waals surface area contributed by atoms with Gasteiger partial charge in [-0.25, -0.2) is 4.98 Å². The maximum atomic E-state index is 12.0. The molecule has 0 aliphatic heterocycles. The van der Waals surface area contributed by atoms with Crippen LogP contribution in [0.25, 0.3) is 0 Å². The molecule has 18 heavy (non-hydrogen) atoms. The lowest BCUT2D eigenvalue weighted by molar-refractivity contribution is -0.127. The van der Waals surface area contributed by atoms with Gasteiger partial charge in [0.05, 0.1) is 6.54 Å². The van der Waals surface area contributed by atoms with Crippen molar-refractivity contribution in [3.63, 3.8) is 0 Å². The molecule has 2 rings (SSSR count). The summed E-state index contributed by atoms with van der Waals surface area (Å²) in [5.74, 6) is 0.197. The second-order valence-electron chi connectivity index (χ2n) is 4.48. The molecule has 1 amide bonds. The molecule has 1 fully saturated rings. The standard InChI is InChI=1S/C12H18N4O2/c1-3-15(2)10(17)8-14-11-12(18)16(7-6-13-11)9-4-5-9/h6-7,9H,3-5,8H2,1-2H3,(H,13,14). The molecule has 1 heterocycles. The third-order valence-corrected chi connectivity index (χ3v) is 3.12. The Labute approximate surface area is 106 Å². The van der Waals surface area contributed by atoms with Gasteiger partial charge in [0.1, 0.15) is 0 Å². The monoisotopic (exact) mass is 250 g/mol. The van der Waals surface area contributed by atoms with Gasteiger partial charge in [-0.3, -0.25) is 9.59 Å². The van der Waals surface area contributed by atoms with Crippen molar-refractivity contribution in [3.05, 3.63) is 22.7 Å². The Morgan fingerprint density at radius 2 is 2.33 bits per heavy atom. The molecular formula is C12H18N4O2. The van der Waals surface area contributed by atoms with Gasteiger partial charge in [0.15, 0.2) is 5.82 Å². The van der Waals surface area contributed by atoms with Crippen LogP contribution in [-0.2, 0) is 4.79 Å². The number of carbonyl (C=O) groups excluding carboxylic acids is 1. The molecule has 0 spiro atoms. The molecule has 0 radical (unpaired) electrons. The first-order valence-electron chi connectivity index (χ1n) is 6.18. The first-order chi connectivity index (χ1) is 8.63. The van der Waals surface area contributed by atoms with Gasteiger partial charge in [0.25, 0.3) is 5.56 Å². The first kappa shape index (κ1) is 12.6. The molecule has 1 saturated carbocycles. The van der Waals surface area contributed by atoms with E-state index in [1.54, 1.807) is 28.9 Å². The SMILES string of the molecule is CCN(C)C(=O)CNc1nccn(C2CC2)c1=O. The highest BCUT2D eigenvalue weighted by Crippen LogP contribution is 2.33. The van der Waals surface area contributed by atoms with Crippen molar-refractivity contribution in [1.29, 1.82) is 0 Å². The van der Waals surface area contributed by atoms with Crippen LogP contribution in [-0.4, -0.2) is 40.5 Å². The molecule has 0 bridgehead atoms. The average molecular weight is 250 g/mol. The third-order valence-electron chi connectivity index (χ3n) is 3.12. The van der Waals surface area contributed by atoms with E-state index in [-0.39, 0.29) is 23.8 Å². The maximum Gasteiger partial charge on any atom is 0.293 e. The predicted molar refractivity (Wildman–Crippen MR) is 68.6 cm³/mol. The largest absolute Gasteiger partial charge is 0.356 e. The van der Waals surface area contributed by atoms with Crippen LogP contribution in [0.15, 0.2) is 17.2 Å². The van der Waals surface area contributed by atoms with Crippen LogP contribution in [0.1, 0.15) is 25.8 Å². The third kappa shape index (κ3) is 2.69. The summed E-state index contributed by atoms with van der Waals surface area (Å²) in [5.41, 5.74) is -0.146. The van der Waals surface area contributed by atoms with Crippen molar-refractivity contribution in [2.45, 2.75) is 25.8 Å². The van der Waals surface area contributed by atoms with E-state index >= 15 is 0 Å². The Kier molecular flexibility index (Phi) is 3.64. The van der Waals surface area contributed by atoms with E-state index in [0.29, 0.717) is 12.6 Å². The molecule has 1 aliphatic carbocycles. The zero-order valence-corrected chi connectivity index (χ0v) is 10.7. The Morgan fingerprint density at radius 1 is 1.61 bits per heavy atom. The number of anilines is 1. The number of amides is 1. The summed E-state index contributed by atoms with van der Waals surface area (Å²) >= 11 is 0. The minimum Gasteiger partial charge on any atom is -0.356 e. The number of nitrogens with one attached hydrogen (secondary N) is 1. The smallest absolute Gasteiger partial charge is 0.293 e. The molecule has 1 aliphatic rings. The molecule has 1 aromatic rings. The van der Waals surface area contributed by atoms with Crippen LogP contribution < -0.4 is 10.9 Å². The van der Waals surface area contributed by atoms with E-state index in [9.17, 15) is 9.59 Å². The topological polar surface area (TPSA) is 67.2 Å². The van der Waals surface area contributed by atoms with E-state index < -0.39 is 0 Å². The Bertz CT molecular complexity index is 493. The number of aromatic nitrogens is 2. The van der Waals surface area contributed by atoms with E-state index in [1.807, 2.05) is 6.92 Å². The number of likely N-dealkylation sites (N-methyl/N-ethyl adjacent to an activating group) is 1. The molecule has 0 unspecified atom stereocenters. The van der Waals surface area contributed by atoms with Gasteiger partial charge >= 0.3 is 0 Å². The normalized spacial score (nSPS) is 14.3. The maximum absolute atomic E-state index is 12.0. The quantitative estimate of drug-likeness (QED) is 0.825. The molecule has 1 aromatic heterocycles. The van der Waals surface area contributed by atoms with Gasteiger partial charge in [-0.1, -0.05) is 0 Å². The molecule has 0 aromatic carbocycles. The highest BCUT2D eigenvalue weighted by Gasteiger charge is 2.25. The molecule has 6 heteroatoms. The first-order valence-corrected chi connectivity index (χ1v) is 6.18. The van der Waals surface area contributed by atoms with Crippen LogP contribution in [0.2, 0.25) is 0 Å². The summed E-state index contributed by atoms with van der Waals surface area (Å²) < 4.78 is 1.68. The average Bonchev–Trinajstić information content (AvgIpc) is 3.20. The Balaban J connectivity index is 2.03. The fourth-order valence-electron chi connectivity index (χ4n) is 1.66. The summed E-state index contributed by atoms with van der Waals surface area (Å²) in [5, 5.41) is 2.82. The number of hydrogen-bond donors (Lipinski definition) is 1. The second-order valence-corrected chi connectivity index (χ2v) is 4.48. The van der Waals surface area contributed by atoms with E-state index in [2.05, 4.69) is 10.3 Å². The van der Waals surface area contributed by atoms with Gasteiger partial charge in [-0.05, 0) is 19.8 Å². The van der Waals surface area contributed by atoms with Crippen molar-refractivity contribution >= 4 is 11.7 Å². The molecular weight excluding hydrogens is 232 g/mol. The van der Waals surface area contributed by atoms with E-state index in [1.165, 1.54) is 0 Å². The van der Waals surface area contributed by atoms with Crippen molar-refractivity contribution in [3.8, 4) is 0 Å². The molecule has 0 atom stereocenters. The molecule has 98 valence electrons. The predicted octanol–water partition coefficient (Wildman–Crippen LogP) is 0.468. The zero-order chi connectivity index (χ0) is 13.1. The summed E-state index contributed by atoms with van der Waals surface area (Å²) in [6.45, 7) is 2.65. The number of carbonyl (C=O) groups is 1. The Morgan fingerprint density at radius 3 is 2.94 bits per heavy atom. The number of hydrogen-bond acceptors (Lipinski definition) is 4. The van der Waals surface area contributed by atoms with Crippen molar-refractivity contribution in [1.82, 2.24) is 14.5 Å². The van der Waals surface area contributed by atoms with Gasteiger partial charge in [0.2, 0.25) is 5.91 Å². The minimum atomic E-state index is -0.146. The van der Waals surface area contributed by atoms with Gasteiger partial charge in [0, 0.05) is 32.0 Å². The van der Waals surface area contributed by atoms with Crippen LogP contribution in [0, 0.1) is 0 Å². The summed E-state index contributed by atoms with van der Waals surface area (Å²) in [7, 11) is 1.73. The van der Waals surface area contributed by atoms with Crippen LogP contribution in [0.5, 0.6) is 0 Å². The summed E-state index contributed by atoms with van der Waals surface area (Å²) in [4.78, 5) is 29.2. The number of rotatable bonds is 5. The Hall–Kier alpha value is -1.85. The molecule has 0 saturated heterocycles. The summed E-state index contributed by atoms with van der Waals surface area (Å²) in [6, 6.07) is 0.315. The zero-order valence-electron chi connectivity index (χ0n) is 10.7. The van der Waals surface area contributed by atoms with Gasteiger partial charge in [-0.15, -0.1) is 0 Å². The van der Waals surface area contributed by atoms with Crippen LogP contribution >= 0.6 is 0 Å². The van der Waals surface area contributed by atoms with Crippen molar-refractivity contribution in [2.75, 3.05) is 25.5 Å². The second kappa shape index (κ2) is 5.20. The van der Waals surface area contributed by atoms with E-state index in [4.69, 9.17) is 0 Å². The van der Waals surface area contributed by atoms with E-state index in [0.717, 1.165) is 12.8 Å². The number of nitrogens with zero attached hydrogens (tertiary/aromatic N) is 3. The highest BCUT2D eigenvalue weighted by molar-refractivity contribution is 5.80. The lowest BCUT2D eigenvalue weighted by Crippen LogP contribution is -2.34. The van der Waals surface area contributed by atoms with Crippen molar-refractivity contribution in [2.24, 2.45) is 0 Å². The highest BCUT2D eigenvalue weighted by atomic mass is 16.2. The van der Waals surface area contributed by atoms with Crippen LogP contribution in [0.3, 0.4) is 0 Å². The van der Waals surface area contributed by atoms with Crippen molar-refractivity contribution < 1.29 is 4.79 Å². The fraction of sp³-hybridized carbons (Fsp3) is 0.583. The van der Waals surface area contributed by atoms with Gasteiger partial charge in [-0.2, -0.15) is 0 Å². The van der Waals surface area contributed by atoms with Gasteiger partial charge < -0.3 is 14.8 Å². The molecule has 6 nitrogen and oxygen atoms in total. The van der Waals surface area contributed by atoms with Crippen LogP contribution in [0.4, 0.5) is 5.82 Å². The lowest BCUT2D eigenvalue weighted by Gasteiger charge is -2.15.